The van der Waals surface area contributed by atoms with E-state index in [1.54, 1.807) is 0 Å². The number of aliphatic hydroxyl groups excluding tert-OH is 1. The molecule has 0 amide bonds. The lowest BCUT2D eigenvalue weighted by atomic mass is 9.81. The highest BCUT2D eigenvalue weighted by Gasteiger charge is 2.68. The Balaban J connectivity index is 0.933. The van der Waals surface area contributed by atoms with Crippen molar-refractivity contribution in [1.82, 2.24) is 0 Å². The molecular weight excluding hydrogens is 737 g/mol. The van der Waals surface area contributed by atoms with Crippen LogP contribution in [0, 0.1) is 11.8 Å². The molecule has 0 aliphatic carbocycles. The fraction of sp³-hybridized carbons (Fsp3) is 0.881. The second-order valence-electron chi connectivity index (χ2n) is 17.9. The molecule has 316 valence electrons. The van der Waals surface area contributed by atoms with Crippen LogP contribution in [0.5, 0.6) is 0 Å². The van der Waals surface area contributed by atoms with Crippen molar-refractivity contribution in [3.05, 3.63) is 24.3 Å². The number of methoxy groups -OCH3 is 1. The number of rotatable bonds is 14. The first-order valence-corrected chi connectivity index (χ1v) is 21.1. The SMILES string of the molecule is C=C1CC(CCC23CC4OC5C(OC6CCC(CC(=O)CC7C(CC8OC(CC)CC(C)C8=C)OC(CCC(O)C(F)(F)F)C7OC)OC6C5O2)C4O3)OC1C. The summed E-state index contributed by atoms with van der Waals surface area (Å²) in [6.07, 6.45) is -5.66. The van der Waals surface area contributed by atoms with Crippen LogP contribution in [0.1, 0.15) is 104 Å². The van der Waals surface area contributed by atoms with Crippen molar-refractivity contribution in [1.29, 1.82) is 0 Å². The van der Waals surface area contributed by atoms with Gasteiger partial charge in [-0.05, 0) is 75.4 Å². The fourth-order valence-electron chi connectivity index (χ4n) is 11.0. The number of carbonyl (C=O) groups is 1. The van der Waals surface area contributed by atoms with Crippen LogP contribution >= 0.6 is 0 Å². The van der Waals surface area contributed by atoms with Gasteiger partial charge in [0.2, 0.25) is 0 Å². The van der Waals surface area contributed by atoms with Crippen LogP contribution < -0.4 is 0 Å². The quantitative estimate of drug-likeness (QED) is 0.207. The molecule has 0 aromatic rings. The minimum absolute atomic E-state index is 0.0408. The number of Topliss-reactive ketones (excluding diaryl/α,β-unsaturated/α-hetero) is 1. The van der Waals surface area contributed by atoms with Crippen LogP contribution in [-0.2, 0) is 47.4 Å². The summed E-state index contributed by atoms with van der Waals surface area (Å²) in [5.41, 5.74) is 2.05. The maximum Gasteiger partial charge on any atom is 0.414 e. The molecule has 0 aromatic carbocycles. The molecule has 56 heavy (non-hydrogen) atoms. The lowest BCUT2D eigenvalue weighted by Gasteiger charge is -2.47. The topological polar surface area (TPSA) is 120 Å². The molecule has 19 unspecified atom stereocenters. The van der Waals surface area contributed by atoms with Gasteiger partial charge in [0.1, 0.15) is 42.4 Å². The first kappa shape index (κ1) is 41.3. The number of aliphatic hydroxyl groups is 1. The molecule has 19 atom stereocenters. The number of carbonyl (C=O) groups excluding carboxylic acids is 1. The minimum Gasteiger partial charge on any atom is -0.384 e. The van der Waals surface area contributed by atoms with Gasteiger partial charge in [0, 0.05) is 45.1 Å². The first-order chi connectivity index (χ1) is 26.6. The summed E-state index contributed by atoms with van der Waals surface area (Å²) in [7, 11) is 1.49. The Bertz CT molecular complexity index is 1460. The van der Waals surface area contributed by atoms with Gasteiger partial charge in [0.05, 0.1) is 61.0 Å². The third-order valence-electron chi connectivity index (χ3n) is 14.2. The normalized spacial score (nSPS) is 47.7. The smallest absolute Gasteiger partial charge is 0.384 e. The van der Waals surface area contributed by atoms with Gasteiger partial charge in [-0.15, -0.1) is 0 Å². The number of alkyl halides is 3. The molecule has 9 rings (SSSR count). The largest absolute Gasteiger partial charge is 0.414 e. The molecule has 1 N–H and O–H groups in total. The van der Waals surface area contributed by atoms with Crippen LogP contribution in [0.15, 0.2) is 24.3 Å². The summed E-state index contributed by atoms with van der Waals surface area (Å²) < 4.78 is 98.1. The maximum atomic E-state index is 14.1. The zero-order chi connectivity index (χ0) is 39.7. The van der Waals surface area contributed by atoms with E-state index >= 15 is 0 Å². The molecule has 0 aromatic heterocycles. The molecule has 9 fully saturated rings. The van der Waals surface area contributed by atoms with Gasteiger partial charge in [-0.25, -0.2) is 0 Å². The number of fused-ring (bicyclic) bond motifs is 1. The van der Waals surface area contributed by atoms with Gasteiger partial charge in [-0.1, -0.05) is 27.0 Å². The fourth-order valence-corrected chi connectivity index (χ4v) is 11.0. The molecule has 0 saturated carbocycles. The molecule has 9 saturated heterocycles. The van der Waals surface area contributed by atoms with Gasteiger partial charge in [-0.2, -0.15) is 13.2 Å². The van der Waals surface area contributed by atoms with Crippen molar-refractivity contribution < 1.29 is 65.7 Å². The van der Waals surface area contributed by atoms with Crippen molar-refractivity contribution in [2.45, 2.75) is 214 Å². The van der Waals surface area contributed by atoms with E-state index in [4.69, 9.17) is 42.6 Å². The number of halogens is 3. The van der Waals surface area contributed by atoms with E-state index in [9.17, 15) is 23.1 Å². The van der Waals surface area contributed by atoms with E-state index in [0.717, 1.165) is 36.8 Å². The van der Waals surface area contributed by atoms with E-state index in [1.807, 2.05) is 6.92 Å². The Morgan fingerprint density at radius 2 is 1.64 bits per heavy atom. The Labute approximate surface area is 328 Å². The molecule has 9 aliphatic rings. The summed E-state index contributed by atoms with van der Waals surface area (Å²) in [4.78, 5) is 14.1. The summed E-state index contributed by atoms with van der Waals surface area (Å²) >= 11 is 0. The number of ketones is 1. The molecule has 14 heteroatoms. The van der Waals surface area contributed by atoms with Gasteiger partial charge >= 0.3 is 6.18 Å². The van der Waals surface area contributed by atoms with Crippen molar-refractivity contribution in [2.24, 2.45) is 11.8 Å². The van der Waals surface area contributed by atoms with Gasteiger partial charge in [0.15, 0.2) is 5.79 Å². The molecule has 9 heterocycles. The molecule has 11 nitrogen and oxygen atoms in total. The van der Waals surface area contributed by atoms with Gasteiger partial charge in [-0.3, -0.25) is 4.79 Å². The maximum absolute atomic E-state index is 14.1. The average molecular weight is 799 g/mol. The zero-order valence-corrected chi connectivity index (χ0v) is 33.2. The van der Waals surface area contributed by atoms with E-state index in [2.05, 4.69) is 27.0 Å². The monoisotopic (exact) mass is 798 g/mol. The lowest BCUT2D eigenvalue weighted by molar-refractivity contribution is -0.292. The minimum atomic E-state index is -4.74. The van der Waals surface area contributed by atoms with Crippen molar-refractivity contribution in [3.63, 3.8) is 0 Å². The second-order valence-corrected chi connectivity index (χ2v) is 17.9. The Morgan fingerprint density at radius 1 is 0.893 bits per heavy atom. The van der Waals surface area contributed by atoms with Crippen molar-refractivity contribution in [3.8, 4) is 0 Å². The van der Waals surface area contributed by atoms with Gasteiger partial charge in [0.25, 0.3) is 0 Å². The van der Waals surface area contributed by atoms with Crippen LogP contribution in [-0.4, -0.2) is 128 Å². The number of hydrogen-bond donors (Lipinski definition) is 1. The summed E-state index contributed by atoms with van der Waals surface area (Å²) in [5, 5.41) is 9.79. The highest BCUT2D eigenvalue weighted by Crippen LogP contribution is 2.54. The van der Waals surface area contributed by atoms with E-state index in [0.29, 0.717) is 32.1 Å². The van der Waals surface area contributed by atoms with Crippen LogP contribution in [0.25, 0.3) is 0 Å². The molecule has 0 radical (unpaired) electrons. The Kier molecular flexibility index (Phi) is 11.9. The van der Waals surface area contributed by atoms with Crippen molar-refractivity contribution >= 4 is 5.78 Å². The summed E-state index contributed by atoms with van der Waals surface area (Å²) in [5.74, 6) is -1.08. The zero-order valence-electron chi connectivity index (χ0n) is 33.2. The second kappa shape index (κ2) is 16.2. The third kappa shape index (κ3) is 8.07. The molecule has 0 spiro atoms. The van der Waals surface area contributed by atoms with E-state index in [1.165, 1.54) is 7.11 Å². The van der Waals surface area contributed by atoms with Crippen molar-refractivity contribution in [2.75, 3.05) is 7.11 Å². The summed E-state index contributed by atoms with van der Waals surface area (Å²) in [6, 6.07) is 0. The lowest BCUT2D eigenvalue weighted by Crippen LogP contribution is -2.61. The van der Waals surface area contributed by atoms with Crippen LogP contribution in [0.2, 0.25) is 0 Å². The van der Waals surface area contributed by atoms with Crippen LogP contribution in [0.4, 0.5) is 13.2 Å². The predicted octanol–water partition coefficient (Wildman–Crippen LogP) is 6.07. The Hall–Kier alpha value is -1.46. The molecular formula is C42H61F3O11. The van der Waals surface area contributed by atoms with Crippen LogP contribution in [0.3, 0.4) is 0 Å². The highest BCUT2D eigenvalue weighted by molar-refractivity contribution is 5.79. The predicted molar refractivity (Wildman–Crippen MR) is 195 cm³/mol. The highest BCUT2D eigenvalue weighted by atomic mass is 19.4. The Morgan fingerprint density at radius 3 is 2.36 bits per heavy atom. The average Bonchev–Trinajstić information content (AvgIpc) is 3.82. The van der Waals surface area contributed by atoms with E-state index < -0.39 is 60.9 Å². The molecule has 6 bridgehead atoms. The number of ether oxygens (including phenoxy) is 9. The standard InChI is InChI=1S/C42H61F3O11/c1-7-25-14-20(2)22(4)31(50-25)18-32-28(35(48-6)29(52-32)10-11-34(47)42(43,44)45)17-24(46)16-26-8-9-30-36(51-26)40-39-38(53-30)37-33(54-39)19-41(55-37,56-40)13-12-27-15-21(3)23(5)49-27/h20,23,25-40,47H,3-4,7-19H2,1-2,5-6H3. The molecule has 9 aliphatic heterocycles. The van der Waals surface area contributed by atoms with Gasteiger partial charge < -0.3 is 47.7 Å². The van der Waals surface area contributed by atoms with E-state index in [-0.39, 0.29) is 92.0 Å². The summed E-state index contributed by atoms with van der Waals surface area (Å²) in [6.45, 7) is 14.7. The third-order valence-corrected chi connectivity index (χ3v) is 14.2. The number of hydrogen-bond acceptors (Lipinski definition) is 11. The first-order valence-electron chi connectivity index (χ1n) is 21.1.